The van der Waals surface area contributed by atoms with Crippen LogP contribution in [-0.4, -0.2) is 41.5 Å². The average molecular weight is 223 g/mol. The van der Waals surface area contributed by atoms with Crippen LogP contribution < -0.4 is 5.32 Å². The fourth-order valence-electron chi connectivity index (χ4n) is 1.62. The van der Waals surface area contributed by atoms with Crippen LogP contribution in [0.1, 0.15) is 22.5 Å². The summed E-state index contributed by atoms with van der Waals surface area (Å²) < 4.78 is 4.88. The first kappa shape index (κ1) is 10.7. The van der Waals surface area contributed by atoms with Gasteiger partial charge < -0.3 is 14.7 Å². The highest BCUT2D eigenvalue weighted by atomic mass is 16.5. The van der Waals surface area contributed by atoms with Gasteiger partial charge in [-0.2, -0.15) is 0 Å². The Labute approximate surface area is 92.6 Å². The van der Waals surface area contributed by atoms with E-state index in [0.717, 1.165) is 6.42 Å². The van der Waals surface area contributed by atoms with E-state index in [1.54, 1.807) is 6.92 Å². The Hall–Kier alpha value is -1.85. The maximum absolute atomic E-state index is 12.0. The first-order chi connectivity index (χ1) is 7.68. The van der Waals surface area contributed by atoms with Crippen molar-refractivity contribution in [2.75, 3.05) is 19.6 Å². The van der Waals surface area contributed by atoms with Gasteiger partial charge in [0, 0.05) is 18.7 Å². The lowest BCUT2D eigenvalue weighted by atomic mass is 10.2. The Morgan fingerprint density at radius 3 is 3.12 bits per heavy atom. The van der Waals surface area contributed by atoms with E-state index in [9.17, 15) is 9.59 Å². The number of amides is 2. The summed E-state index contributed by atoms with van der Waals surface area (Å²) in [6.07, 6.45) is 2.25. The highest BCUT2D eigenvalue weighted by Gasteiger charge is 2.24. The normalized spacial score (nSPS) is 16.8. The van der Waals surface area contributed by atoms with E-state index in [-0.39, 0.29) is 24.1 Å². The molecule has 0 bridgehead atoms. The van der Waals surface area contributed by atoms with E-state index in [2.05, 4.69) is 10.5 Å². The van der Waals surface area contributed by atoms with Crippen LogP contribution in [0.4, 0.5) is 0 Å². The highest BCUT2D eigenvalue weighted by Crippen LogP contribution is 2.10. The van der Waals surface area contributed by atoms with Crippen LogP contribution >= 0.6 is 0 Å². The average Bonchev–Trinajstić information content (AvgIpc) is 2.55. The SMILES string of the molecule is Cc1cnoc1C(=O)N1CCCNC(=O)C1. The largest absolute Gasteiger partial charge is 0.354 e. The van der Waals surface area contributed by atoms with Crippen LogP contribution in [0.15, 0.2) is 10.7 Å². The smallest absolute Gasteiger partial charge is 0.293 e. The van der Waals surface area contributed by atoms with Gasteiger partial charge >= 0.3 is 0 Å². The first-order valence-electron chi connectivity index (χ1n) is 5.15. The number of carbonyl (C=O) groups excluding carboxylic acids is 2. The lowest BCUT2D eigenvalue weighted by Gasteiger charge is -2.17. The summed E-state index contributed by atoms with van der Waals surface area (Å²) >= 11 is 0. The van der Waals surface area contributed by atoms with Gasteiger partial charge in [0.25, 0.3) is 5.91 Å². The van der Waals surface area contributed by atoms with Gasteiger partial charge in [0.05, 0.1) is 12.7 Å². The third-order valence-corrected chi connectivity index (χ3v) is 2.49. The van der Waals surface area contributed by atoms with Crippen molar-refractivity contribution in [3.63, 3.8) is 0 Å². The van der Waals surface area contributed by atoms with E-state index in [4.69, 9.17) is 4.52 Å². The van der Waals surface area contributed by atoms with E-state index >= 15 is 0 Å². The van der Waals surface area contributed by atoms with Gasteiger partial charge in [-0.1, -0.05) is 5.16 Å². The maximum atomic E-state index is 12.0. The summed E-state index contributed by atoms with van der Waals surface area (Å²) in [5.74, 6) is -0.190. The minimum absolute atomic E-state index is 0.0823. The fourth-order valence-corrected chi connectivity index (χ4v) is 1.62. The number of nitrogens with zero attached hydrogens (tertiary/aromatic N) is 2. The van der Waals surface area contributed by atoms with E-state index in [0.29, 0.717) is 18.7 Å². The zero-order chi connectivity index (χ0) is 11.5. The molecule has 0 saturated carbocycles. The molecule has 0 radical (unpaired) electrons. The molecule has 1 N–H and O–H groups in total. The molecule has 16 heavy (non-hydrogen) atoms. The molecule has 86 valence electrons. The zero-order valence-corrected chi connectivity index (χ0v) is 9.02. The number of rotatable bonds is 1. The van der Waals surface area contributed by atoms with Gasteiger partial charge in [0.15, 0.2) is 0 Å². The van der Waals surface area contributed by atoms with Crippen molar-refractivity contribution in [1.29, 1.82) is 0 Å². The Bertz CT molecular complexity index is 413. The standard InChI is InChI=1S/C10H13N3O3/c1-7-5-12-16-9(7)10(15)13-4-2-3-11-8(14)6-13/h5H,2-4,6H2,1H3,(H,11,14). The van der Waals surface area contributed by atoms with Gasteiger partial charge in [-0.05, 0) is 13.3 Å². The van der Waals surface area contributed by atoms with Crippen molar-refractivity contribution in [2.45, 2.75) is 13.3 Å². The van der Waals surface area contributed by atoms with Gasteiger partial charge in [-0.3, -0.25) is 9.59 Å². The van der Waals surface area contributed by atoms with Crippen molar-refractivity contribution < 1.29 is 14.1 Å². The second kappa shape index (κ2) is 4.34. The van der Waals surface area contributed by atoms with Crippen LogP contribution in [0.5, 0.6) is 0 Å². The summed E-state index contributed by atoms with van der Waals surface area (Å²) in [6, 6.07) is 0. The van der Waals surface area contributed by atoms with Crippen molar-refractivity contribution in [3.8, 4) is 0 Å². The fraction of sp³-hybridized carbons (Fsp3) is 0.500. The molecular formula is C10H13N3O3. The number of aryl methyl sites for hydroxylation is 1. The summed E-state index contributed by atoms with van der Waals surface area (Å²) in [6.45, 7) is 3.00. The number of hydrogen-bond donors (Lipinski definition) is 1. The predicted molar refractivity (Wildman–Crippen MR) is 54.8 cm³/mol. The summed E-state index contributed by atoms with van der Waals surface area (Å²) in [7, 11) is 0. The monoisotopic (exact) mass is 223 g/mol. The zero-order valence-electron chi connectivity index (χ0n) is 9.02. The molecule has 2 heterocycles. The molecule has 6 heteroatoms. The number of hydrogen-bond acceptors (Lipinski definition) is 4. The van der Waals surface area contributed by atoms with Crippen molar-refractivity contribution >= 4 is 11.8 Å². The topological polar surface area (TPSA) is 75.4 Å². The second-order valence-corrected chi connectivity index (χ2v) is 3.77. The molecule has 0 aromatic carbocycles. The molecule has 0 spiro atoms. The lowest BCUT2D eigenvalue weighted by molar-refractivity contribution is -0.121. The third-order valence-electron chi connectivity index (χ3n) is 2.49. The molecule has 2 amide bonds. The molecule has 1 aromatic heterocycles. The van der Waals surface area contributed by atoms with Crippen molar-refractivity contribution in [2.24, 2.45) is 0 Å². The van der Waals surface area contributed by atoms with E-state index in [1.165, 1.54) is 11.1 Å². The summed E-state index contributed by atoms with van der Waals surface area (Å²) in [5.41, 5.74) is 0.689. The quantitative estimate of drug-likeness (QED) is 0.724. The molecule has 0 atom stereocenters. The number of aromatic nitrogens is 1. The molecular weight excluding hydrogens is 210 g/mol. The predicted octanol–water partition coefficient (Wildman–Crippen LogP) is -0.0549. The highest BCUT2D eigenvalue weighted by molar-refractivity contribution is 5.95. The van der Waals surface area contributed by atoms with E-state index < -0.39 is 0 Å². The van der Waals surface area contributed by atoms with Crippen LogP contribution in [0, 0.1) is 6.92 Å². The minimum Gasteiger partial charge on any atom is -0.354 e. The Morgan fingerprint density at radius 2 is 2.44 bits per heavy atom. The molecule has 2 rings (SSSR count). The number of nitrogens with one attached hydrogen (secondary N) is 1. The Morgan fingerprint density at radius 1 is 1.62 bits per heavy atom. The van der Waals surface area contributed by atoms with Crippen molar-refractivity contribution in [3.05, 3.63) is 17.5 Å². The summed E-state index contributed by atoms with van der Waals surface area (Å²) in [4.78, 5) is 24.8. The lowest BCUT2D eigenvalue weighted by Crippen LogP contribution is -2.37. The molecule has 1 aliphatic heterocycles. The second-order valence-electron chi connectivity index (χ2n) is 3.77. The van der Waals surface area contributed by atoms with Gasteiger partial charge in [-0.25, -0.2) is 0 Å². The van der Waals surface area contributed by atoms with Gasteiger partial charge in [0.2, 0.25) is 11.7 Å². The minimum atomic E-state index is -0.271. The molecule has 0 aliphatic carbocycles. The molecule has 1 saturated heterocycles. The van der Waals surface area contributed by atoms with Crippen LogP contribution in [-0.2, 0) is 4.79 Å². The molecule has 6 nitrogen and oxygen atoms in total. The molecule has 1 aromatic rings. The summed E-state index contributed by atoms with van der Waals surface area (Å²) in [5, 5.41) is 6.27. The van der Waals surface area contributed by atoms with Crippen LogP contribution in [0.2, 0.25) is 0 Å². The molecule has 1 fully saturated rings. The third kappa shape index (κ3) is 2.05. The Balaban J connectivity index is 2.15. The van der Waals surface area contributed by atoms with Crippen LogP contribution in [0.3, 0.4) is 0 Å². The van der Waals surface area contributed by atoms with Crippen LogP contribution in [0.25, 0.3) is 0 Å². The van der Waals surface area contributed by atoms with E-state index in [1.807, 2.05) is 0 Å². The van der Waals surface area contributed by atoms with Gasteiger partial charge in [-0.15, -0.1) is 0 Å². The Kier molecular flexibility index (Phi) is 2.89. The van der Waals surface area contributed by atoms with Gasteiger partial charge in [0.1, 0.15) is 0 Å². The maximum Gasteiger partial charge on any atom is 0.293 e. The number of carbonyl (C=O) groups is 2. The first-order valence-corrected chi connectivity index (χ1v) is 5.15. The van der Waals surface area contributed by atoms with Crippen molar-refractivity contribution in [1.82, 2.24) is 15.4 Å². The molecule has 1 aliphatic rings. The molecule has 0 unspecified atom stereocenters.